The minimum absolute atomic E-state index is 0.00574. The molecule has 1 aromatic rings. The van der Waals surface area contributed by atoms with Crippen LogP contribution in [-0.2, 0) is 9.63 Å². The van der Waals surface area contributed by atoms with Crippen LogP contribution in [0.5, 0.6) is 0 Å². The van der Waals surface area contributed by atoms with Crippen molar-refractivity contribution in [3.05, 3.63) is 41.5 Å². The predicted octanol–water partition coefficient (Wildman–Crippen LogP) is 3.07. The van der Waals surface area contributed by atoms with E-state index in [1.165, 1.54) is 6.08 Å². The zero-order valence-corrected chi connectivity index (χ0v) is 10.6. The minimum atomic E-state index is -5.06. The summed E-state index contributed by atoms with van der Waals surface area (Å²) in [6, 6.07) is 2.99. The first-order valence-corrected chi connectivity index (χ1v) is 5.95. The van der Waals surface area contributed by atoms with E-state index in [0.717, 1.165) is 23.3 Å². The molecule has 0 radical (unpaired) electrons. The van der Waals surface area contributed by atoms with Gasteiger partial charge in [0.1, 0.15) is 11.6 Å². The summed E-state index contributed by atoms with van der Waals surface area (Å²) < 4.78 is 62.3. The topological polar surface area (TPSA) is 29.5 Å². The highest BCUT2D eigenvalue weighted by atomic mass is 19.4. The molecule has 8 heteroatoms. The molecule has 1 aliphatic heterocycles. The van der Waals surface area contributed by atoms with Gasteiger partial charge in [0, 0.05) is 12.6 Å². The largest absolute Gasteiger partial charge is 0.492 e. The molecule has 1 heterocycles. The Balaban J connectivity index is 2.04. The second kappa shape index (κ2) is 5.80. The van der Waals surface area contributed by atoms with Gasteiger partial charge in [-0.3, -0.25) is 0 Å². The van der Waals surface area contributed by atoms with Crippen molar-refractivity contribution >= 4 is 11.5 Å². The number of hydrogen-bond acceptors (Lipinski definition) is 3. The van der Waals surface area contributed by atoms with Crippen LogP contribution < -0.4 is 0 Å². The van der Waals surface area contributed by atoms with Crippen LogP contribution in [0.3, 0.4) is 0 Å². The van der Waals surface area contributed by atoms with Crippen molar-refractivity contribution < 1.29 is 31.6 Å². The third-order valence-corrected chi connectivity index (χ3v) is 2.85. The van der Waals surface area contributed by atoms with Crippen LogP contribution in [0.15, 0.2) is 24.3 Å². The molecule has 0 atom stereocenters. The SMILES string of the molecule is O=C(ON1CC=C(c2cc(F)cc(F)c2)CC1)C(F)(F)F. The molecule has 0 saturated heterocycles. The molecular weight excluding hydrogens is 297 g/mol. The number of rotatable bonds is 2. The third kappa shape index (κ3) is 4.01. The van der Waals surface area contributed by atoms with Crippen molar-refractivity contribution in [3.8, 4) is 0 Å². The zero-order chi connectivity index (χ0) is 15.6. The Bertz CT molecular complexity index is 562. The molecule has 0 amide bonds. The van der Waals surface area contributed by atoms with Crippen molar-refractivity contribution in [1.29, 1.82) is 0 Å². The summed E-state index contributed by atoms with van der Waals surface area (Å²) in [6.07, 6.45) is -3.40. The molecular formula is C13H10F5NO2. The van der Waals surface area contributed by atoms with Gasteiger partial charge in [-0.1, -0.05) is 6.08 Å². The number of halogens is 5. The van der Waals surface area contributed by atoms with Gasteiger partial charge in [-0.2, -0.15) is 13.2 Å². The van der Waals surface area contributed by atoms with Crippen LogP contribution in [0.2, 0.25) is 0 Å². The Morgan fingerprint density at radius 3 is 2.24 bits per heavy atom. The van der Waals surface area contributed by atoms with Gasteiger partial charge < -0.3 is 4.84 Å². The number of benzene rings is 1. The Hall–Kier alpha value is -1.96. The summed E-state index contributed by atoms with van der Waals surface area (Å²) >= 11 is 0. The Morgan fingerprint density at radius 1 is 1.14 bits per heavy atom. The van der Waals surface area contributed by atoms with Gasteiger partial charge in [0.15, 0.2) is 0 Å². The average molecular weight is 307 g/mol. The summed E-state index contributed by atoms with van der Waals surface area (Å²) in [5.74, 6) is -3.77. The maximum atomic E-state index is 13.1. The smallest absolute Gasteiger partial charge is 0.360 e. The Morgan fingerprint density at radius 2 is 1.76 bits per heavy atom. The average Bonchev–Trinajstić information content (AvgIpc) is 2.37. The van der Waals surface area contributed by atoms with Gasteiger partial charge in [-0.05, 0) is 29.7 Å². The van der Waals surface area contributed by atoms with E-state index < -0.39 is 23.8 Å². The van der Waals surface area contributed by atoms with E-state index in [2.05, 4.69) is 4.84 Å². The fraction of sp³-hybridized carbons (Fsp3) is 0.308. The van der Waals surface area contributed by atoms with Crippen LogP contribution in [0.4, 0.5) is 22.0 Å². The molecule has 3 nitrogen and oxygen atoms in total. The second-order valence-corrected chi connectivity index (χ2v) is 4.40. The van der Waals surface area contributed by atoms with E-state index in [1.807, 2.05) is 0 Å². The van der Waals surface area contributed by atoms with Crippen molar-refractivity contribution in [2.75, 3.05) is 13.1 Å². The highest BCUT2D eigenvalue weighted by molar-refractivity contribution is 5.75. The molecule has 0 aromatic heterocycles. The van der Waals surface area contributed by atoms with Gasteiger partial charge in [-0.25, -0.2) is 13.6 Å². The molecule has 0 aliphatic carbocycles. The molecule has 1 aliphatic rings. The number of nitrogens with zero attached hydrogens (tertiary/aromatic N) is 1. The van der Waals surface area contributed by atoms with Crippen LogP contribution in [-0.4, -0.2) is 30.3 Å². The molecule has 0 fully saturated rings. The maximum absolute atomic E-state index is 13.1. The zero-order valence-electron chi connectivity index (χ0n) is 10.6. The molecule has 0 spiro atoms. The molecule has 2 rings (SSSR count). The fourth-order valence-electron chi connectivity index (χ4n) is 1.90. The lowest BCUT2D eigenvalue weighted by atomic mass is 10.00. The van der Waals surface area contributed by atoms with E-state index in [4.69, 9.17) is 0 Å². The first-order chi connectivity index (χ1) is 9.75. The van der Waals surface area contributed by atoms with Gasteiger partial charge in [0.2, 0.25) is 0 Å². The monoisotopic (exact) mass is 307 g/mol. The number of carbonyl (C=O) groups is 1. The van der Waals surface area contributed by atoms with Crippen molar-refractivity contribution in [2.24, 2.45) is 0 Å². The first-order valence-electron chi connectivity index (χ1n) is 5.95. The minimum Gasteiger partial charge on any atom is -0.360 e. The highest BCUT2D eigenvalue weighted by Crippen LogP contribution is 2.25. The van der Waals surface area contributed by atoms with Crippen LogP contribution >= 0.6 is 0 Å². The summed E-state index contributed by atoms with van der Waals surface area (Å²) in [4.78, 5) is 14.8. The van der Waals surface area contributed by atoms with Crippen LogP contribution in [0.25, 0.3) is 5.57 Å². The van der Waals surface area contributed by atoms with E-state index in [1.54, 1.807) is 0 Å². The van der Waals surface area contributed by atoms with Crippen LogP contribution in [0, 0.1) is 11.6 Å². The van der Waals surface area contributed by atoms with Gasteiger partial charge in [0.05, 0.1) is 6.54 Å². The summed E-state index contributed by atoms with van der Waals surface area (Å²) in [5, 5.41) is 0.842. The van der Waals surface area contributed by atoms with Crippen molar-refractivity contribution in [2.45, 2.75) is 12.6 Å². The maximum Gasteiger partial charge on any atom is 0.492 e. The molecule has 1 aromatic carbocycles. The lowest BCUT2D eigenvalue weighted by molar-refractivity contribution is -0.237. The highest BCUT2D eigenvalue weighted by Gasteiger charge is 2.42. The molecule has 21 heavy (non-hydrogen) atoms. The standard InChI is InChI=1S/C13H10F5NO2/c14-10-5-9(6-11(15)7-10)8-1-3-19(4-2-8)21-12(20)13(16,17)18/h1,5-7H,2-4H2. The lowest BCUT2D eigenvalue weighted by Gasteiger charge is -2.25. The van der Waals surface area contributed by atoms with E-state index >= 15 is 0 Å². The number of carbonyl (C=O) groups excluding carboxylic acids is 1. The predicted molar refractivity (Wildman–Crippen MR) is 62.7 cm³/mol. The van der Waals surface area contributed by atoms with Gasteiger partial charge in [0.25, 0.3) is 0 Å². The third-order valence-electron chi connectivity index (χ3n) is 2.85. The summed E-state index contributed by atoms with van der Waals surface area (Å²) in [7, 11) is 0. The first kappa shape index (κ1) is 15.4. The van der Waals surface area contributed by atoms with Crippen molar-refractivity contribution in [3.63, 3.8) is 0 Å². The summed E-state index contributed by atoms with van der Waals surface area (Å²) in [6.45, 7) is -0.0823. The van der Waals surface area contributed by atoms with E-state index in [9.17, 15) is 26.7 Å². The molecule has 0 saturated carbocycles. The molecule has 0 N–H and O–H groups in total. The van der Waals surface area contributed by atoms with E-state index in [0.29, 0.717) is 11.1 Å². The number of alkyl halides is 3. The van der Waals surface area contributed by atoms with Crippen molar-refractivity contribution in [1.82, 2.24) is 5.06 Å². The van der Waals surface area contributed by atoms with Gasteiger partial charge in [-0.15, -0.1) is 5.06 Å². The fourth-order valence-corrected chi connectivity index (χ4v) is 1.90. The van der Waals surface area contributed by atoms with Gasteiger partial charge >= 0.3 is 12.1 Å². The quantitative estimate of drug-likeness (QED) is 0.787. The molecule has 114 valence electrons. The van der Waals surface area contributed by atoms with E-state index in [-0.39, 0.29) is 19.5 Å². The molecule has 0 bridgehead atoms. The molecule has 0 unspecified atom stereocenters. The second-order valence-electron chi connectivity index (χ2n) is 4.40. The Kier molecular flexibility index (Phi) is 4.26. The Labute approximate surface area is 116 Å². The normalized spacial score (nSPS) is 16.5. The number of hydrogen-bond donors (Lipinski definition) is 0. The summed E-state index contributed by atoms with van der Waals surface area (Å²) in [5.41, 5.74) is 0.891. The lowest BCUT2D eigenvalue weighted by Crippen LogP contribution is -2.37. The number of hydroxylamine groups is 2. The van der Waals surface area contributed by atoms with Crippen LogP contribution in [0.1, 0.15) is 12.0 Å².